The highest BCUT2D eigenvalue weighted by Crippen LogP contribution is 2.27. The molecular weight excluding hydrogens is 214 g/mol. The Labute approximate surface area is 101 Å². The summed E-state index contributed by atoms with van der Waals surface area (Å²) in [7, 11) is 0. The van der Waals surface area contributed by atoms with Crippen LogP contribution in [-0.2, 0) is 11.3 Å². The summed E-state index contributed by atoms with van der Waals surface area (Å²) in [6.45, 7) is 6.51. The molecule has 1 atom stereocenters. The highest BCUT2D eigenvalue weighted by Gasteiger charge is 2.30. The molecule has 0 N–H and O–H groups in total. The Morgan fingerprint density at radius 3 is 2.59 bits per heavy atom. The summed E-state index contributed by atoms with van der Waals surface area (Å²) < 4.78 is 0. The number of hydrogen-bond acceptors (Lipinski definition) is 2. The molecule has 0 saturated carbocycles. The highest BCUT2D eigenvalue weighted by molar-refractivity contribution is 5.99. The second kappa shape index (κ2) is 4.32. The SMILES string of the molecule is CC(C)c1ccc2c(c1)C(=O)N(C(C)C=O)C2. The van der Waals surface area contributed by atoms with Gasteiger partial charge in [0, 0.05) is 12.1 Å². The summed E-state index contributed by atoms with van der Waals surface area (Å²) in [5, 5.41) is 0. The van der Waals surface area contributed by atoms with Gasteiger partial charge in [-0.05, 0) is 30.0 Å². The van der Waals surface area contributed by atoms with Gasteiger partial charge in [0.15, 0.2) is 0 Å². The zero-order valence-corrected chi connectivity index (χ0v) is 10.4. The summed E-state index contributed by atoms with van der Waals surface area (Å²) in [4.78, 5) is 24.5. The third kappa shape index (κ3) is 1.97. The number of benzene rings is 1. The van der Waals surface area contributed by atoms with Crippen molar-refractivity contribution in [1.82, 2.24) is 4.90 Å². The first kappa shape index (κ1) is 11.8. The van der Waals surface area contributed by atoms with Crippen molar-refractivity contribution in [2.75, 3.05) is 0 Å². The molecule has 0 bridgehead atoms. The first-order chi connectivity index (χ1) is 8.04. The second-order valence-electron chi connectivity index (χ2n) is 4.88. The smallest absolute Gasteiger partial charge is 0.255 e. The molecule has 0 saturated heterocycles. The van der Waals surface area contributed by atoms with Crippen LogP contribution in [0.2, 0.25) is 0 Å². The number of rotatable bonds is 3. The maximum absolute atomic E-state index is 12.1. The Morgan fingerprint density at radius 2 is 2.00 bits per heavy atom. The standard InChI is InChI=1S/C14H17NO2/c1-9(2)11-4-5-12-7-15(10(3)8-16)14(17)13(12)6-11/h4-6,8-10H,7H2,1-3H3. The molecule has 1 aromatic rings. The van der Waals surface area contributed by atoms with E-state index in [0.717, 1.165) is 23.0 Å². The van der Waals surface area contributed by atoms with Crippen molar-refractivity contribution in [2.45, 2.75) is 39.3 Å². The molecule has 17 heavy (non-hydrogen) atoms. The Bertz CT molecular complexity index is 465. The molecule has 0 aliphatic carbocycles. The molecule has 0 fully saturated rings. The highest BCUT2D eigenvalue weighted by atomic mass is 16.2. The molecular formula is C14H17NO2. The van der Waals surface area contributed by atoms with Crippen molar-refractivity contribution in [3.05, 3.63) is 34.9 Å². The van der Waals surface area contributed by atoms with Gasteiger partial charge in [-0.25, -0.2) is 0 Å². The van der Waals surface area contributed by atoms with Crippen LogP contribution in [-0.4, -0.2) is 23.1 Å². The van der Waals surface area contributed by atoms with Crippen LogP contribution in [0.3, 0.4) is 0 Å². The average Bonchev–Trinajstić information content (AvgIpc) is 2.65. The normalized spacial score (nSPS) is 16.2. The van der Waals surface area contributed by atoms with E-state index in [1.54, 1.807) is 11.8 Å². The van der Waals surface area contributed by atoms with Crippen molar-refractivity contribution >= 4 is 12.2 Å². The van der Waals surface area contributed by atoms with Crippen LogP contribution >= 0.6 is 0 Å². The van der Waals surface area contributed by atoms with E-state index in [1.165, 1.54) is 0 Å². The number of carbonyl (C=O) groups excluding carboxylic acids is 2. The van der Waals surface area contributed by atoms with E-state index in [1.807, 2.05) is 12.1 Å². The van der Waals surface area contributed by atoms with Gasteiger partial charge in [0.25, 0.3) is 5.91 Å². The maximum atomic E-state index is 12.1. The quantitative estimate of drug-likeness (QED) is 0.749. The van der Waals surface area contributed by atoms with Gasteiger partial charge in [-0.1, -0.05) is 26.0 Å². The molecule has 0 spiro atoms. The molecule has 90 valence electrons. The largest absolute Gasteiger partial charge is 0.325 e. The summed E-state index contributed by atoms with van der Waals surface area (Å²) in [5.41, 5.74) is 2.94. The van der Waals surface area contributed by atoms with Gasteiger partial charge in [-0.15, -0.1) is 0 Å². The van der Waals surface area contributed by atoms with Crippen LogP contribution in [0.25, 0.3) is 0 Å². The summed E-state index contributed by atoms with van der Waals surface area (Å²) >= 11 is 0. The third-order valence-corrected chi connectivity index (χ3v) is 3.32. The lowest BCUT2D eigenvalue weighted by atomic mass is 9.98. The summed E-state index contributed by atoms with van der Waals surface area (Å²) in [6.07, 6.45) is 0.813. The van der Waals surface area contributed by atoms with Gasteiger partial charge in [0.05, 0.1) is 6.04 Å². The van der Waals surface area contributed by atoms with Crippen LogP contribution in [0.1, 0.15) is 48.2 Å². The fourth-order valence-electron chi connectivity index (χ4n) is 2.10. The van der Waals surface area contributed by atoms with Crippen LogP contribution in [0.4, 0.5) is 0 Å². The average molecular weight is 231 g/mol. The Balaban J connectivity index is 2.36. The summed E-state index contributed by atoms with van der Waals surface area (Å²) in [6, 6.07) is 5.67. The molecule has 3 nitrogen and oxygen atoms in total. The van der Waals surface area contributed by atoms with E-state index >= 15 is 0 Å². The minimum absolute atomic E-state index is 0.0258. The predicted molar refractivity (Wildman–Crippen MR) is 65.9 cm³/mol. The fraction of sp³-hybridized carbons (Fsp3) is 0.429. The molecule has 1 aliphatic heterocycles. The molecule has 0 radical (unpaired) electrons. The Kier molecular flexibility index (Phi) is 3.01. The van der Waals surface area contributed by atoms with Crippen LogP contribution in [0, 0.1) is 0 Å². The van der Waals surface area contributed by atoms with Gasteiger partial charge in [-0.3, -0.25) is 4.79 Å². The summed E-state index contributed by atoms with van der Waals surface area (Å²) in [5.74, 6) is 0.382. The van der Waals surface area contributed by atoms with Gasteiger partial charge >= 0.3 is 0 Å². The van der Waals surface area contributed by atoms with E-state index in [0.29, 0.717) is 12.5 Å². The number of aldehydes is 1. The van der Waals surface area contributed by atoms with Gasteiger partial charge in [0.2, 0.25) is 0 Å². The minimum Gasteiger partial charge on any atom is -0.325 e. The monoisotopic (exact) mass is 231 g/mol. The number of hydrogen-bond donors (Lipinski definition) is 0. The first-order valence-corrected chi connectivity index (χ1v) is 5.93. The van der Waals surface area contributed by atoms with Crippen LogP contribution in [0.15, 0.2) is 18.2 Å². The lowest BCUT2D eigenvalue weighted by molar-refractivity contribution is -0.111. The lowest BCUT2D eigenvalue weighted by Crippen LogP contribution is -2.34. The van der Waals surface area contributed by atoms with Crippen molar-refractivity contribution in [3.8, 4) is 0 Å². The van der Waals surface area contributed by atoms with E-state index < -0.39 is 0 Å². The first-order valence-electron chi connectivity index (χ1n) is 5.93. The van der Waals surface area contributed by atoms with Crippen molar-refractivity contribution in [1.29, 1.82) is 0 Å². The number of fused-ring (bicyclic) bond motifs is 1. The molecule has 1 heterocycles. The van der Waals surface area contributed by atoms with Crippen LogP contribution < -0.4 is 0 Å². The fourth-order valence-corrected chi connectivity index (χ4v) is 2.10. The van der Waals surface area contributed by atoms with Gasteiger partial charge in [-0.2, -0.15) is 0 Å². The van der Waals surface area contributed by atoms with Gasteiger partial charge in [0.1, 0.15) is 6.29 Å². The molecule has 1 aliphatic rings. The molecule has 3 heteroatoms. The zero-order valence-electron chi connectivity index (χ0n) is 10.4. The van der Waals surface area contributed by atoms with E-state index in [2.05, 4.69) is 19.9 Å². The molecule has 1 aromatic carbocycles. The molecule has 0 aromatic heterocycles. The topological polar surface area (TPSA) is 37.4 Å². The number of carbonyl (C=O) groups is 2. The lowest BCUT2D eigenvalue weighted by Gasteiger charge is -2.18. The minimum atomic E-state index is -0.350. The van der Waals surface area contributed by atoms with Crippen molar-refractivity contribution < 1.29 is 9.59 Å². The van der Waals surface area contributed by atoms with Crippen molar-refractivity contribution in [2.24, 2.45) is 0 Å². The zero-order chi connectivity index (χ0) is 12.6. The number of nitrogens with zero attached hydrogens (tertiary/aromatic N) is 1. The van der Waals surface area contributed by atoms with Crippen molar-refractivity contribution in [3.63, 3.8) is 0 Å². The number of amides is 1. The third-order valence-electron chi connectivity index (χ3n) is 3.32. The van der Waals surface area contributed by atoms with E-state index in [9.17, 15) is 9.59 Å². The molecule has 1 unspecified atom stereocenters. The molecule has 1 amide bonds. The Morgan fingerprint density at radius 1 is 1.29 bits per heavy atom. The van der Waals surface area contributed by atoms with Crippen LogP contribution in [0.5, 0.6) is 0 Å². The molecule has 2 rings (SSSR count). The van der Waals surface area contributed by atoms with Gasteiger partial charge < -0.3 is 9.69 Å². The predicted octanol–water partition coefficient (Wildman–Crippen LogP) is 2.35. The maximum Gasteiger partial charge on any atom is 0.255 e. The van der Waals surface area contributed by atoms with E-state index in [4.69, 9.17) is 0 Å². The second-order valence-corrected chi connectivity index (χ2v) is 4.88. The van der Waals surface area contributed by atoms with E-state index in [-0.39, 0.29) is 11.9 Å². The Hall–Kier alpha value is -1.64.